The molecule has 2 N–H and O–H groups in total. The average Bonchev–Trinajstić information content (AvgIpc) is 3.24. The van der Waals surface area contributed by atoms with E-state index in [1.165, 1.54) is 0 Å². The minimum Gasteiger partial charge on any atom is -0.494 e. The van der Waals surface area contributed by atoms with Crippen LogP contribution in [0.5, 0.6) is 11.5 Å². The molecular weight excluding hydrogens is 416 g/mol. The number of hydrogen-bond donors (Lipinski definition) is 2. The largest absolute Gasteiger partial charge is 0.494 e. The van der Waals surface area contributed by atoms with Crippen molar-refractivity contribution in [2.45, 2.75) is 25.7 Å². The Kier molecular flexibility index (Phi) is 6.33. The third-order valence-electron chi connectivity index (χ3n) is 6.02. The highest BCUT2D eigenvalue weighted by molar-refractivity contribution is 6.26. The smallest absolute Gasteiger partial charge is 0.136 e. The van der Waals surface area contributed by atoms with Gasteiger partial charge in [-0.05, 0) is 83.6 Å². The van der Waals surface area contributed by atoms with E-state index >= 15 is 0 Å². The molecule has 1 heterocycles. The number of aliphatic hydroxyl groups is 2. The Hall–Kier alpha value is -3.28. The molecule has 4 aromatic carbocycles. The van der Waals surface area contributed by atoms with Crippen LogP contribution in [0.25, 0.3) is 43.5 Å². The average molecular weight is 445 g/mol. The molecule has 0 unspecified atom stereocenters. The third-order valence-corrected chi connectivity index (χ3v) is 6.02. The van der Waals surface area contributed by atoms with Crippen LogP contribution < -0.4 is 9.47 Å². The molecule has 33 heavy (non-hydrogen) atoms. The summed E-state index contributed by atoms with van der Waals surface area (Å²) in [6.45, 7) is 1.52. The fourth-order valence-electron chi connectivity index (χ4n) is 4.35. The van der Waals surface area contributed by atoms with Gasteiger partial charge in [0.15, 0.2) is 0 Å². The van der Waals surface area contributed by atoms with Crippen molar-refractivity contribution in [2.24, 2.45) is 0 Å². The molecule has 0 atom stereocenters. The number of ether oxygens (including phenoxy) is 2. The maximum absolute atomic E-state index is 8.99. The van der Waals surface area contributed by atoms with E-state index in [0.29, 0.717) is 13.2 Å². The molecule has 5 nitrogen and oxygen atoms in total. The predicted molar refractivity (Wildman–Crippen MR) is 132 cm³/mol. The van der Waals surface area contributed by atoms with E-state index in [1.807, 2.05) is 24.3 Å². The highest BCUT2D eigenvalue weighted by Gasteiger charge is 2.15. The van der Waals surface area contributed by atoms with Crippen molar-refractivity contribution in [3.8, 4) is 11.5 Å². The topological polar surface area (TPSA) is 72.1 Å². The quantitative estimate of drug-likeness (QED) is 0.251. The summed E-state index contributed by atoms with van der Waals surface area (Å²) in [7, 11) is 0. The fraction of sp³-hybridized carbons (Fsp3) is 0.286. The lowest BCUT2D eigenvalue weighted by Gasteiger charge is -2.09. The maximum Gasteiger partial charge on any atom is 0.136 e. The molecule has 0 aliphatic rings. The van der Waals surface area contributed by atoms with Crippen LogP contribution in [0.1, 0.15) is 25.7 Å². The van der Waals surface area contributed by atoms with Gasteiger partial charge in [-0.25, -0.2) is 0 Å². The van der Waals surface area contributed by atoms with Gasteiger partial charge in [0.1, 0.15) is 22.7 Å². The summed E-state index contributed by atoms with van der Waals surface area (Å²) in [6.07, 6.45) is 3.11. The molecule has 0 bridgehead atoms. The van der Waals surface area contributed by atoms with Gasteiger partial charge < -0.3 is 24.1 Å². The van der Waals surface area contributed by atoms with Crippen LogP contribution in [0, 0.1) is 0 Å². The first-order chi connectivity index (χ1) is 16.3. The Morgan fingerprint density at radius 1 is 0.576 bits per heavy atom. The van der Waals surface area contributed by atoms with Crippen LogP contribution in [0.4, 0.5) is 0 Å². The van der Waals surface area contributed by atoms with Gasteiger partial charge in [0.2, 0.25) is 0 Å². The molecule has 170 valence electrons. The summed E-state index contributed by atoms with van der Waals surface area (Å²) in [5.41, 5.74) is 1.69. The van der Waals surface area contributed by atoms with Crippen LogP contribution >= 0.6 is 0 Å². The van der Waals surface area contributed by atoms with Gasteiger partial charge in [-0.3, -0.25) is 0 Å². The van der Waals surface area contributed by atoms with Crippen molar-refractivity contribution >= 4 is 43.5 Å². The van der Waals surface area contributed by atoms with Crippen molar-refractivity contribution in [2.75, 3.05) is 26.4 Å². The van der Waals surface area contributed by atoms with Gasteiger partial charge in [0.25, 0.3) is 0 Å². The summed E-state index contributed by atoms with van der Waals surface area (Å²) in [5, 5.41) is 24.6. The second kappa shape index (κ2) is 9.69. The summed E-state index contributed by atoms with van der Waals surface area (Å²) in [6, 6.07) is 20.5. The van der Waals surface area contributed by atoms with Crippen molar-refractivity contribution < 1.29 is 24.1 Å². The first kappa shape index (κ1) is 21.6. The standard InChI is InChI=1S/C28H28O5/c29-13-1-3-15-31-21-9-5-19-7-11-25-27(23(19)17-21)28-24-18-22(32-16-4-2-14-30)10-6-20(24)8-12-26(28)33-25/h5-12,17-18,29-30H,1-4,13-16H2. The minimum absolute atomic E-state index is 0.183. The fourth-order valence-corrected chi connectivity index (χ4v) is 4.35. The number of benzene rings is 4. The summed E-state index contributed by atoms with van der Waals surface area (Å²) < 4.78 is 18.1. The monoisotopic (exact) mass is 444 g/mol. The lowest BCUT2D eigenvalue weighted by atomic mass is 9.99. The molecule has 0 aliphatic carbocycles. The summed E-state index contributed by atoms with van der Waals surface area (Å²) in [4.78, 5) is 0. The molecule has 1 aromatic heterocycles. The molecule has 5 rings (SSSR count). The number of unbranched alkanes of at least 4 members (excludes halogenated alkanes) is 2. The number of rotatable bonds is 10. The Morgan fingerprint density at radius 3 is 1.48 bits per heavy atom. The number of hydrogen-bond acceptors (Lipinski definition) is 5. The minimum atomic E-state index is 0.183. The zero-order valence-electron chi connectivity index (χ0n) is 18.5. The molecule has 0 saturated carbocycles. The van der Waals surface area contributed by atoms with Gasteiger partial charge >= 0.3 is 0 Å². The zero-order chi connectivity index (χ0) is 22.6. The SMILES string of the molecule is OCCCCOc1ccc2ccc3oc4ccc5ccc(OCCCCO)cc5c4c3c2c1. The molecular formula is C28H28O5. The van der Waals surface area contributed by atoms with E-state index in [9.17, 15) is 0 Å². The highest BCUT2D eigenvalue weighted by Crippen LogP contribution is 2.40. The van der Waals surface area contributed by atoms with Crippen molar-refractivity contribution in [3.05, 3.63) is 60.7 Å². The van der Waals surface area contributed by atoms with Crippen molar-refractivity contribution in [3.63, 3.8) is 0 Å². The summed E-state index contributed by atoms with van der Waals surface area (Å²) >= 11 is 0. The Morgan fingerprint density at radius 2 is 1.03 bits per heavy atom. The lowest BCUT2D eigenvalue weighted by Crippen LogP contribution is -1.98. The van der Waals surface area contributed by atoms with Gasteiger partial charge in [0, 0.05) is 24.0 Å². The molecule has 0 spiro atoms. The van der Waals surface area contributed by atoms with Crippen LogP contribution in [0.15, 0.2) is 65.1 Å². The molecule has 0 fully saturated rings. The Bertz CT molecular complexity index is 1300. The Balaban J connectivity index is 1.62. The van der Waals surface area contributed by atoms with E-state index in [-0.39, 0.29) is 13.2 Å². The molecule has 0 radical (unpaired) electrons. The van der Waals surface area contributed by atoms with E-state index in [1.54, 1.807) is 0 Å². The molecule has 0 aliphatic heterocycles. The van der Waals surface area contributed by atoms with Gasteiger partial charge in [-0.2, -0.15) is 0 Å². The first-order valence-electron chi connectivity index (χ1n) is 11.6. The van der Waals surface area contributed by atoms with Crippen LogP contribution in [0.3, 0.4) is 0 Å². The summed E-state index contributed by atoms with van der Waals surface area (Å²) in [5.74, 6) is 1.63. The van der Waals surface area contributed by atoms with Crippen molar-refractivity contribution in [1.29, 1.82) is 0 Å². The van der Waals surface area contributed by atoms with Crippen molar-refractivity contribution in [1.82, 2.24) is 0 Å². The molecule has 5 aromatic rings. The molecule has 5 heteroatoms. The van der Waals surface area contributed by atoms with Gasteiger partial charge in [0.05, 0.1) is 13.2 Å². The van der Waals surface area contributed by atoms with E-state index in [2.05, 4.69) is 36.4 Å². The maximum atomic E-state index is 8.99. The van der Waals surface area contributed by atoms with Gasteiger partial charge in [-0.1, -0.05) is 24.3 Å². The molecule has 0 amide bonds. The second-order valence-electron chi connectivity index (χ2n) is 8.30. The number of fused-ring (bicyclic) bond motifs is 7. The normalized spacial score (nSPS) is 11.7. The van der Waals surface area contributed by atoms with Crippen LogP contribution in [-0.2, 0) is 0 Å². The van der Waals surface area contributed by atoms with Crippen LogP contribution in [-0.4, -0.2) is 36.6 Å². The highest BCUT2D eigenvalue weighted by atomic mass is 16.5. The molecule has 0 saturated heterocycles. The van der Waals surface area contributed by atoms with Gasteiger partial charge in [-0.15, -0.1) is 0 Å². The zero-order valence-corrected chi connectivity index (χ0v) is 18.5. The number of aliphatic hydroxyl groups excluding tert-OH is 2. The number of furan rings is 1. The first-order valence-corrected chi connectivity index (χ1v) is 11.6. The third kappa shape index (κ3) is 4.34. The van der Waals surface area contributed by atoms with E-state index in [0.717, 1.165) is 80.7 Å². The van der Waals surface area contributed by atoms with E-state index in [4.69, 9.17) is 24.1 Å². The lowest BCUT2D eigenvalue weighted by molar-refractivity contribution is 0.253. The van der Waals surface area contributed by atoms with E-state index < -0.39 is 0 Å². The van der Waals surface area contributed by atoms with Crippen LogP contribution in [0.2, 0.25) is 0 Å². The second-order valence-corrected chi connectivity index (χ2v) is 8.30. The Labute approximate surface area is 192 Å². The predicted octanol–water partition coefficient (Wildman–Crippen LogP) is 6.20.